The molecule has 1 N–H and O–H groups in total. The molecule has 0 aliphatic rings. The summed E-state index contributed by atoms with van der Waals surface area (Å²) in [5, 5.41) is 10.6. The summed E-state index contributed by atoms with van der Waals surface area (Å²) in [6.45, 7) is 1.91. The highest BCUT2D eigenvalue weighted by atomic mass is 19.4. The highest BCUT2D eigenvalue weighted by Crippen LogP contribution is 2.39. The van der Waals surface area contributed by atoms with Gasteiger partial charge in [-0.2, -0.15) is 28.2 Å². The van der Waals surface area contributed by atoms with Crippen molar-refractivity contribution in [1.82, 2.24) is 20.0 Å². The third-order valence-corrected chi connectivity index (χ3v) is 4.51. The quantitative estimate of drug-likeness (QED) is 0.361. The molecule has 0 spiro atoms. The number of anilines is 1. The number of methoxy groups -OCH3 is 2. The number of nitrogens with one attached hydrogen (secondary N) is 1. The molecule has 0 saturated carbocycles. The lowest BCUT2D eigenvalue weighted by Crippen LogP contribution is -2.22. The molecule has 2 heterocycles. The van der Waals surface area contributed by atoms with Gasteiger partial charge in [-0.25, -0.2) is 14.2 Å². The molecule has 9 nitrogen and oxygen atoms in total. The molecule has 0 bridgehead atoms. The van der Waals surface area contributed by atoms with Crippen LogP contribution in [0.25, 0.3) is 0 Å². The van der Waals surface area contributed by atoms with Gasteiger partial charge in [-0.05, 0) is 18.6 Å². The Kier molecular flexibility index (Phi) is 7.66. The normalized spacial score (nSPS) is 12.3. The maximum Gasteiger partial charge on any atom is 0.421 e. The lowest BCUT2D eigenvalue weighted by Gasteiger charge is -2.19. The van der Waals surface area contributed by atoms with Crippen LogP contribution in [-0.2, 0) is 22.2 Å². The zero-order chi connectivity index (χ0) is 24.9. The average molecular weight is 483 g/mol. The Bertz CT molecular complexity index is 1140. The van der Waals surface area contributed by atoms with Crippen molar-refractivity contribution in [3.63, 3.8) is 0 Å². The predicted octanol–water partition coefficient (Wildman–Crippen LogP) is 3.91. The molecule has 0 aliphatic heterocycles. The van der Waals surface area contributed by atoms with E-state index in [1.54, 1.807) is 6.92 Å². The largest absolute Gasteiger partial charge is 0.465 e. The molecule has 2 aromatic heterocycles. The lowest BCUT2D eigenvalue weighted by molar-refractivity contribution is -0.139. The minimum atomic E-state index is -4.85. The van der Waals surface area contributed by atoms with Crippen molar-refractivity contribution in [3.05, 3.63) is 59.3 Å². The van der Waals surface area contributed by atoms with Gasteiger partial charge < -0.3 is 19.5 Å². The van der Waals surface area contributed by atoms with Crippen LogP contribution in [0.3, 0.4) is 0 Å². The topological polar surface area (TPSA) is 100 Å². The molecule has 3 rings (SSSR count). The molecular formula is C21H21F4N5O4. The summed E-state index contributed by atoms with van der Waals surface area (Å²) >= 11 is 0. The van der Waals surface area contributed by atoms with Crippen molar-refractivity contribution in [2.45, 2.75) is 25.7 Å². The van der Waals surface area contributed by atoms with Gasteiger partial charge in [-0.1, -0.05) is 0 Å². The fourth-order valence-electron chi connectivity index (χ4n) is 3.05. The molecule has 182 valence electrons. The van der Waals surface area contributed by atoms with Gasteiger partial charge >= 0.3 is 12.1 Å². The Morgan fingerprint density at radius 2 is 1.88 bits per heavy atom. The predicted molar refractivity (Wildman–Crippen MR) is 111 cm³/mol. The third kappa shape index (κ3) is 5.98. The van der Waals surface area contributed by atoms with E-state index in [0.29, 0.717) is 0 Å². The number of pyridine rings is 1. The Hall–Kier alpha value is -3.74. The average Bonchev–Trinajstić information content (AvgIpc) is 3.28. The van der Waals surface area contributed by atoms with Crippen LogP contribution in [0.2, 0.25) is 0 Å². The second-order valence-electron chi connectivity index (χ2n) is 7.18. The summed E-state index contributed by atoms with van der Waals surface area (Å²) in [4.78, 5) is 17.1. The summed E-state index contributed by atoms with van der Waals surface area (Å²) in [6.07, 6.45) is -0.957. The summed E-state index contributed by atoms with van der Waals surface area (Å²) in [5.41, 5.74) is -1.16. The fraction of sp³-hybridized carbons (Fsp3) is 0.333. The van der Waals surface area contributed by atoms with Crippen LogP contribution in [0.15, 0.2) is 36.8 Å². The van der Waals surface area contributed by atoms with Gasteiger partial charge in [0.15, 0.2) is 11.6 Å². The number of halogens is 4. The molecule has 3 aromatic rings. The van der Waals surface area contributed by atoms with Crippen molar-refractivity contribution in [2.24, 2.45) is 0 Å². The van der Waals surface area contributed by atoms with Gasteiger partial charge in [0, 0.05) is 31.5 Å². The van der Waals surface area contributed by atoms with E-state index < -0.39 is 35.2 Å². The number of rotatable bonds is 9. The minimum Gasteiger partial charge on any atom is -0.465 e. The minimum absolute atomic E-state index is 0.0623. The van der Waals surface area contributed by atoms with E-state index in [0.717, 1.165) is 31.5 Å². The molecule has 0 amide bonds. The molecule has 13 heteroatoms. The number of nitrogens with zero attached hydrogens (tertiary/aromatic N) is 4. The molecule has 34 heavy (non-hydrogen) atoms. The molecule has 0 saturated heterocycles. The first-order valence-corrected chi connectivity index (χ1v) is 9.87. The van der Waals surface area contributed by atoms with Crippen molar-refractivity contribution in [3.8, 4) is 11.6 Å². The molecule has 0 radical (unpaired) electrons. The van der Waals surface area contributed by atoms with Crippen molar-refractivity contribution in [1.29, 1.82) is 0 Å². The Morgan fingerprint density at radius 3 is 2.50 bits per heavy atom. The Balaban J connectivity index is 1.98. The van der Waals surface area contributed by atoms with Gasteiger partial charge in [0.05, 0.1) is 43.9 Å². The van der Waals surface area contributed by atoms with Crippen LogP contribution in [0.1, 0.15) is 28.4 Å². The first-order chi connectivity index (χ1) is 16.1. The van der Waals surface area contributed by atoms with Crippen LogP contribution < -0.4 is 10.1 Å². The number of carbonyl (C=O) groups is 1. The molecule has 1 atom stereocenters. The van der Waals surface area contributed by atoms with Crippen LogP contribution in [0.5, 0.6) is 11.6 Å². The molecular weight excluding hydrogens is 462 g/mol. The number of esters is 1. The summed E-state index contributed by atoms with van der Waals surface area (Å²) in [5.74, 6) is -3.37. The van der Waals surface area contributed by atoms with E-state index in [1.165, 1.54) is 24.3 Å². The van der Waals surface area contributed by atoms with Gasteiger partial charge in [0.2, 0.25) is 5.88 Å². The van der Waals surface area contributed by atoms with Crippen LogP contribution in [0.4, 0.5) is 23.2 Å². The highest BCUT2D eigenvalue weighted by molar-refractivity contribution is 5.96. The summed E-state index contributed by atoms with van der Waals surface area (Å²) in [6, 6.07) is 2.38. The monoisotopic (exact) mass is 483 g/mol. The van der Waals surface area contributed by atoms with E-state index in [4.69, 9.17) is 14.2 Å². The summed E-state index contributed by atoms with van der Waals surface area (Å²) in [7, 11) is 2.59. The van der Waals surface area contributed by atoms with Gasteiger partial charge in [-0.3, -0.25) is 0 Å². The Morgan fingerprint density at radius 1 is 1.18 bits per heavy atom. The van der Waals surface area contributed by atoms with E-state index in [9.17, 15) is 22.4 Å². The smallest absolute Gasteiger partial charge is 0.421 e. The van der Waals surface area contributed by atoms with E-state index in [2.05, 4.69) is 20.5 Å². The number of aromatic nitrogens is 4. The first kappa shape index (κ1) is 24.9. The zero-order valence-corrected chi connectivity index (χ0v) is 18.4. The number of alkyl halides is 3. The van der Waals surface area contributed by atoms with Crippen molar-refractivity contribution >= 4 is 11.7 Å². The van der Waals surface area contributed by atoms with Gasteiger partial charge in [-0.15, -0.1) is 0 Å². The molecule has 0 aliphatic carbocycles. The van der Waals surface area contributed by atoms with Gasteiger partial charge in [0.25, 0.3) is 0 Å². The summed E-state index contributed by atoms with van der Waals surface area (Å²) < 4.78 is 70.8. The third-order valence-electron chi connectivity index (χ3n) is 4.51. The van der Waals surface area contributed by atoms with E-state index in [1.807, 2.05) is 0 Å². The van der Waals surface area contributed by atoms with Crippen molar-refractivity contribution in [2.75, 3.05) is 26.1 Å². The SMILES string of the molecule is COC[C@H](C)Nc1cc(F)c(Oc2ncc(Cn3nccn3)cc2C(F)(F)F)cc1C(=O)OC. The van der Waals surface area contributed by atoms with Crippen molar-refractivity contribution < 1.29 is 36.6 Å². The van der Waals surface area contributed by atoms with E-state index >= 15 is 0 Å². The van der Waals surface area contributed by atoms with E-state index in [-0.39, 0.29) is 36.0 Å². The Labute approximate surface area is 191 Å². The highest BCUT2D eigenvalue weighted by Gasteiger charge is 2.36. The molecule has 1 aromatic carbocycles. The first-order valence-electron chi connectivity index (χ1n) is 9.87. The zero-order valence-electron chi connectivity index (χ0n) is 18.4. The fourth-order valence-corrected chi connectivity index (χ4v) is 3.05. The van der Waals surface area contributed by atoms with Crippen LogP contribution in [0, 0.1) is 5.82 Å². The number of ether oxygens (including phenoxy) is 3. The second-order valence-corrected chi connectivity index (χ2v) is 7.18. The number of carbonyl (C=O) groups excluding carboxylic acids is 1. The van der Waals surface area contributed by atoms with Gasteiger partial charge in [0.1, 0.15) is 5.56 Å². The maximum atomic E-state index is 14.8. The second kappa shape index (κ2) is 10.5. The standard InChI is InChI=1S/C21H21F4N5O4/c1-12(11-32-2)29-17-8-16(22)18(7-14(17)20(31)33-3)34-19-15(21(23,24)25)6-13(9-26-19)10-30-27-4-5-28-30/h4-9,12,29H,10-11H2,1-3H3/t12-/m0/s1. The van der Waals surface area contributed by atoms with Crippen LogP contribution in [-0.4, -0.2) is 52.8 Å². The maximum absolute atomic E-state index is 14.8. The van der Waals surface area contributed by atoms with Crippen LogP contribution >= 0.6 is 0 Å². The number of hydrogen-bond donors (Lipinski definition) is 1. The molecule has 0 fully saturated rings. The molecule has 0 unspecified atom stereocenters. The number of benzene rings is 1. The number of hydrogen-bond acceptors (Lipinski definition) is 8. The lowest BCUT2D eigenvalue weighted by atomic mass is 10.1.